The Bertz CT molecular complexity index is 1490. The first kappa shape index (κ1) is 26.2. The predicted molar refractivity (Wildman–Crippen MR) is 144 cm³/mol. The molecule has 0 radical (unpaired) electrons. The van der Waals surface area contributed by atoms with E-state index in [-0.39, 0.29) is 28.3 Å². The van der Waals surface area contributed by atoms with Crippen LogP contribution in [0, 0.1) is 5.41 Å². The number of aromatic amines is 1. The zero-order valence-corrected chi connectivity index (χ0v) is 22.1. The fraction of sp³-hybridized carbons (Fsp3) is 0.241. The van der Waals surface area contributed by atoms with Gasteiger partial charge in [-0.05, 0) is 58.5 Å². The summed E-state index contributed by atoms with van der Waals surface area (Å²) in [5, 5.41) is 6.69. The van der Waals surface area contributed by atoms with Gasteiger partial charge in [-0.2, -0.15) is 5.10 Å². The zero-order valence-electron chi connectivity index (χ0n) is 21.3. The highest BCUT2D eigenvalue weighted by atomic mass is 32.2. The lowest BCUT2D eigenvalue weighted by Crippen LogP contribution is -2.21. The lowest BCUT2D eigenvalue weighted by Gasteiger charge is -2.17. The molecule has 0 bridgehead atoms. The largest absolute Gasteiger partial charge is 0.497 e. The maximum Gasteiger partial charge on any atom is 0.189 e. The molecule has 0 unspecified atom stereocenters. The SMILES string of the molecule is COc1ccc(-c2cccc(Oc3ccc(-c4cn[nH]c4)cc3S(=O)(=O)CC(=O)CC(C)(C)C)c2)cc1. The molecule has 0 atom stereocenters. The second kappa shape index (κ2) is 10.6. The van der Waals surface area contributed by atoms with E-state index >= 15 is 0 Å². The number of H-pyrrole nitrogens is 1. The lowest BCUT2D eigenvalue weighted by molar-refractivity contribution is -0.118. The van der Waals surface area contributed by atoms with Crippen molar-refractivity contribution >= 4 is 15.6 Å². The van der Waals surface area contributed by atoms with Crippen LogP contribution in [0.25, 0.3) is 22.3 Å². The molecular weight excluding hydrogens is 488 g/mol. The topological polar surface area (TPSA) is 98.3 Å². The van der Waals surface area contributed by atoms with E-state index in [1.54, 1.807) is 37.7 Å². The maximum absolute atomic E-state index is 13.5. The molecule has 0 spiro atoms. The summed E-state index contributed by atoms with van der Waals surface area (Å²) >= 11 is 0. The number of hydrogen-bond acceptors (Lipinski definition) is 6. The summed E-state index contributed by atoms with van der Waals surface area (Å²) in [5.74, 6) is 0.448. The van der Waals surface area contributed by atoms with Gasteiger partial charge in [-0.3, -0.25) is 9.89 Å². The molecule has 0 aliphatic carbocycles. The van der Waals surface area contributed by atoms with Gasteiger partial charge in [0.2, 0.25) is 0 Å². The van der Waals surface area contributed by atoms with E-state index in [0.29, 0.717) is 11.3 Å². The Morgan fingerprint density at radius 1 is 0.892 bits per heavy atom. The molecule has 4 rings (SSSR count). The van der Waals surface area contributed by atoms with Crippen LogP contribution in [0.4, 0.5) is 0 Å². The molecule has 0 amide bonds. The number of methoxy groups -OCH3 is 1. The van der Waals surface area contributed by atoms with Crippen LogP contribution in [0.1, 0.15) is 27.2 Å². The lowest BCUT2D eigenvalue weighted by atomic mass is 9.90. The minimum absolute atomic E-state index is 0.0386. The van der Waals surface area contributed by atoms with Gasteiger partial charge in [0.15, 0.2) is 9.84 Å². The van der Waals surface area contributed by atoms with E-state index in [0.717, 1.165) is 22.4 Å². The van der Waals surface area contributed by atoms with Crippen LogP contribution in [0.5, 0.6) is 17.2 Å². The predicted octanol–water partition coefficient (Wildman–Crippen LogP) is 6.32. The first-order chi connectivity index (χ1) is 17.5. The van der Waals surface area contributed by atoms with E-state index in [2.05, 4.69) is 10.2 Å². The Morgan fingerprint density at radius 2 is 1.59 bits per heavy atom. The van der Waals surface area contributed by atoms with Crippen molar-refractivity contribution in [3.05, 3.63) is 79.1 Å². The normalized spacial score (nSPS) is 11.8. The van der Waals surface area contributed by atoms with Crippen molar-refractivity contribution in [2.45, 2.75) is 32.1 Å². The first-order valence-electron chi connectivity index (χ1n) is 11.8. The molecule has 8 heteroatoms. The maximum atomic E-state index is 13.5. The van der Waals surface area contributed by atoms with Crippen molar-refractivity contribution in [3.63, 3.8) is 0 Å². The highest BCUT2D eigenvalue weighted by Gasteiger charge is 2.27. The number of ether oxygens (including phenoxy) is 2. The van der Waals surface area contributed by atoms with Crippen LogP contribution in [0.15, 0.2) is 84.0 Å². The van der Waals surface area contributed by atoms with E-state index in [9.17, 15) is 13.2 Å². The summed E-state index contributed by atoms with van der Waals surface area (Å²) < 4.78 is 38.3. The molecule has 0 aliphatic heterocycles. The average molecular weight is 519 g/mol. The molecule has 7 nitrogen and oxygen atoms in total. The molecule has 3 aromatic carbocycles. The van der Waals surface area contributed by atoms with Gasteiger partial charge >= 0.3 is 0 Å². The quantitative estimate of drug-likeness (QED) is 0.278. The Labute approximate surface area is 217 Å². The average Bonchev–Trinajstić information content (AvgIpc) is 3.38. The number of benzene rings is 3. The molecule has 4 aromatic rings. The van der Waals surface area contributed by atoms with Crippen LogP contribution in [0.3, 0.4) is 0 Å². The van der Waals surface area contributed by atoms with Crippen LogP contribution in [-0.2, 0) is 14.6 Å². The summed E-state index contributed by atoms with van der Waals surface area (Å²) in [7, 11) is -2.37. The number of carbonyl (C=O) groups is 1. The summed E-state index contributed by atoms with van der Waals surface area (Å²) in [5.41, 5.74) is 2.93. The van der Waals surface area contributed by atoms with Crippen molar-refractivity contribution in [2.75, 3.05) is 12.9 Å². The number of nitrogens with one attached hydrogen (secondary N) is 1. The highest BCUT2D eigenvalue weighted by Crippen LogP contribution is 2.35. The summed E-state index contributed by atoms with van der Waals surface area (Å²) in [4.78, 5) is 12.6. The minimum Gasteiger partial charge on any atom is -0.497 e. The van der Waals surface area contributed by atoms with Gasteiger partial charge < -0.3 is 9.47 Å². The zero-order chi connectivity index (χ0) is 26.6. The smallest absolute Gasteiger partial charge is 0.189 e. The third kappa shape index (κ3) is 6.65. The van der Waals surface area contributed by atoms with E-state index in [1.807, 2.05) is 63.2 Å². The number of ketones is 1. The fourth-order valence-electron chi connectivity index (χ4n) is 4.01. The van der Waals surface area contributed by atoms with Crippen molar-refractivity contribution < 1.29 is 22.7 Å². The van der Waals surface area contributed by atoms with Crippen molar-refractivity contribution in [3.8, 4) is 39.5 Å². The van der Waals surface area contributed by atoms with E-state index in [4.69, 9.17) is 9.47 Å². The number of carbonyl (C=O) groups excluding carboxylic acids is 1. The Kier molecular flexibility index (Phi) is 7.50. The highest BCUT2D eigenvalue weighted by molar-refractivity contribution is 7.92. The number of nitrogens with zero attached hydrogens (tertiary/aromatic N) is 1. The number of rotatable bonds is 9. The second-order valence-corrected chi connectivity index (χ2v) is 12.0. The standard InChI is InChI=1S/C29H30N2O5S/c1-29(2,3)16-24(32)19-37(33,34)28-15-22(23-17-30-31-18-23)10-13-27(28)36-26-7-5-6-21(14-26)20-8-11-25(35-4)12-9-20/h5-15,17-18H,16,19H2,1-4H3,(H,30,31). The van der Waals surface area contributed by atoms with Crippen LogP contribution < -0.4 is 9.47 Å². The number of Topliss-reactive ketones (excluding diaryl/α,β-unsaturated/α-hetero) is 1. The Hall–Kier alpha value is -3.91. The van der Waals surface area contributed by atoms with Crippen molar-refractivity contribution in [1.82, 2.24) is 10.2 Å². The van der Waals surface area contributed by atoms with Crippen molar-refractivity contribution in [1.29, 1.82) is 0 Å². The molecule has 0 saturated carbocycles. The molecule has 192 valence electrons. The Balaban J connectivity index is 1.69. The molecule has 1 N–H and O–H groups in total. The monoisotopic (exact) mass is 518 g/mol. The minimum atomic E-state index is -3.99. The third-order valence-electron chi connectivity index (χ3n) is 5.67. The van der Waals surface area contributed by atoms with Crippen LogP contribution in [0.2, 0.25) is 0 Å². The van der Waals surface area contributed by atoms with E-state index in [1.165, 1.54) is 6.07 Å². The van der Waals surface area contributed by atoms with Gasteiger partial charge in [-0.1, -0.05) is 51.1 Å². The molecule has 0 fully saturated rings. The van der Waals surface area contributed by atoms with Crippen LogP contribution in [-0.4, -0.2) is 37.3 Å². The number of sulfone groups is 1. The molecule has 37 heavy (non-hydrogen) atoms. The van der Waals surface area contributed by atoms with Crippen molar-refractivity contribution in [2.24, 2.45) is 5.41 Å². The number of hydrogen-bond donors (Lipinski definition) is 1. The third-order valence-corrected chi connectivity index (χ3v) is 7.37. The van der Waals surface area contributed by atoms with Gasteiger partial charge in [0.05, 0.1) is 13.3 Å². The summed E-state index contributed by atoms with van der Waals surface area (Å²) in [6, 6.07) is 19.9. The molecule has 0 saturated heterocycles. The second-order valence-electron chi connectivity index (χ2n) is 10.0. The Morgan fingerprint density at radius 3 is 2.24 bits per heavy atom. The molecule has 0 aliphatic rings. The van der Waals surface area contributed by atoms with Gasteiger partial charge in [-0.25, -0.2) is 8.42 Å². The van der Waals surface area contributed by atoms with Gasteiger partial charge in [0.1, 0.15) is 33.7 Å². The number of aromatic nitrogens is 2. The summed E-state index contributed by atoms with van der Waals surface area (Å²) in [6.45, 7) is 5.71. The van der Waals surface area contributed by atoms with Gasteiger partial charge in [0, 0.05) is 18.2 Å². The molecule has 1 heterocycles. The van der Waals surface area contributed by atoms with Crippen LogP contribution >= 0.6 is 0 Å². The van der Waals surface area contributed by atoms with E-state index < -0.39 is 15.6 Å². The fourth-order valence-corrected chi connectivity index (χ4v) is 5.41. The first-order valence-corrected chi connectivity index (χ1v) is 13.5. The molecular formula is C29H30N2O5S. The summed E-state index contributed by atoms with van der Waals surface area (Å²) in [6.07, 6.45) is 3.44. The van der Waals surface area contributed by atoms with Gasteiger partial charge in [0.25, 0.3) is 0 Å². The van der Waals surface area contributed by atoms with Gasteiger partial charge in [-0.15, -0.1) is 0 Å². The molecule has 1 aromatic heterocycles.